The molecule has 0 aliphatic heterocycles. The van der Waals surface area contributed by atoms with Crippen molar-refractivity contribution in [2.45, 2.75) is 25.9 Å². The van der Waals surface area contributed by atoms with Gasteiger partial charge in [-0.25, -0.2) is 14.6 Å². The summed E-state index contributed by atoms with van der Waals surface area (Å²) in [6.45, 7) is 1.81. The summed E-state index contributed by atoms with van der Waals surface area (Å²) in [7, 11) is 1.45. The summed E-state index contributed by atoms with van der Waals surface area (Å²) < 4.78 is 0. The molecule has 5 N–H and O–H groups in total. The van der Waals surface area contributed by atoms with Crippen molar-refractivity contribution in [2.24, 2.45) is 5.73 Å². The van der Waals surface area contributed by atoms with Crippen LogP contribution >= 0.6 is 0 Å². The second kappa shape index (κ2) is 6.50. The van der Waals surface area contributed by atoms with E-state index in [0.29, 0.717) is 11.6 Å². The Morgan fingerprint density at radius 2 is 2.15 bits per heavy atom. The number of carboxylic acids is 1. The highest BCUT2D eigenvalue weighted by Gasteiger charge is 2.24. The molecular weight excluding hydrogens is 268 g/mol. The lowest BCUT2D eigenvalue weighted by atomic mass is 10.2. The van der Waals surface area contributed by atoms with Crippen molar-refractivity contribution in [1.29, 1.82) is 0 Å². The van der Waals surface area contributed by atoms with Gasteiger partial charge in [-0.15, -0.1) is 0 Å². The largest absolute Gasteiger partial charge is 0.480 e. The van der Waals surface area contributed by atoms with Gasteiger partial charge in [0, 0.05) is 7.05 Å². The molecule has 110 valence electrons. The Labute approximate surface area is 114 Å². The number of rotatable bonds is 6. The highest BCUT2D eigenvalue weighted by atomic mass is 16.4. The average molecular weight is 284 g/mol. The number of primary amides is 1. The van der Waals surface area contributed by atoms with Gasteiger partial charge in [-0.05, 0) is 6.92 Å². The number of nitrogens with two attached hydrogens (primary N) is 1. The first-order valence-corrected chi connectivity index (χ1v) is 5.70. The molecule has 0 aliphatic carbocycles. The number of amides is 3. The molecule has 0 aromatic carbocycles. The topological polar surface area (TPSA) is 154 Å². The summed E-state index contributed by atoms with van der Waals surface area (Å²) in [5.41, 5.74) is 4.92. The molecule has 0 fully saturated rings. The summed E-state index contributed by atoms with van der Waals surface area (Å²) >= 11 is 0. The molecule has 1 aromatic heterocycles. The number of carboxylic acid groups (broad SMARTS) is 1. The standard InChI is InChI=1S/C10H16N6O4/c1-5-12-8(15-14-5)4-16(2)10(20)13-6(9(18)19)3-7(11)17/h6H,3-4H2,1-2H3,(H2,11,17)(H,13,20)(H,18,19)(H,12,14,15)/t6-/m0/s1. The second-order valence-corrected chi connectivity index (χ2v) is 4.20. The van der Waals surface area contributed by atoms with Gasteiger partial charge in [-0.1, -0.05) is 0 Å². The zero-order chi connectivity index (χ0) is 15.3. The van der Waals surface area contributed by atoms with Gasteiger partial charge >= 0.3 is 12.0 Å². The molecule has 1 atom stereocenters. The Kier molecular flexibility index (Phi) is 5.01. The van der Waals surface area contributed by atoms with E-state index in [4.69, 9.17) is 10.8 Å². The lowest BCUT2D eigenvalue weighted by Gasteiger charge is -2.19. The first kappa shape index (κ1) is 15.4. The molecule has 0 saturated heterocycles. The number of aromatic amines is 1. The molecule has 0 aliphatic rings. The Balaban J connectivity index is 2.59. The summed E-state index contributed by atoms with van der Waals surface area (Å²) in [4.78, 5) is 38.6. The average Bonchev–Trinajstić information content (AvgIpc) is 2.72. The van der Waals surface area contributed by atoms with Crippen LogP contribution in [0.25, 0.3) is 0 Å². The third kappa shape index (κ3) is 4.55. The fourth-order valence-electron chi connectivity index (χ4n) is 1.40. The second-order valence-electron chi connectivity index (χ2n) is 4.20. The minimum absolute atomic E-state index is 0.0963. The van der Waals surface area contributed by atoms with Gasteiger partial charge in [0.05, 0.1) is 13.0 Å². The quantitative estimate of drug-likeness (QED) is 0.502. The number of H-pyrrole nitrogens is 1. The molecular formula is C10H16N6O4. The van der Waals surface area contributed by atoms with Crippen molar-refractivity contribution in [3.05, 3.63) is 11.6 Å². The van der Waals surface area contributed by atoms with Crippen molar-refractivity contribution >= 4 is 17.9 Å². The molecule has 3 amide bonds. The number of nitrogens with one attached hydrogen (secondary N) is 2. The number of hydrogen-bond acceptors (Lipinski definition) is 5. The van der Waals surface area contributed by atoms with E-state index in [1.807, 2.05) is 0 Å². The van der Waals surface area contributed by atoms with E-state index >= 15 is 0 Å². The minimum atomic E-state index is -1.36. The smallest absolute Gasteiger partial charge is 0.326 e. The van der Waals surface area contributed by atoms with Gasteiger partial charge in [0.2, 0.25) is 5.91 Å². The van der Waals surface area contributed by atoms with Crippen molar-refractivity contribution in [2.75, 3.05) is 7.05 Å². The zero-order valence-corrected chi connectivity index (χ0v) is 11.1. The number of hydrogen-bond donors (Lipinski definition) is 4. The van der Waals surface area contributed by atoms with Crippen molar-refractivity contribution in [3.63, 3.8) is 0 Å². The van der Waals surface area contributed by atoms with Gasteiger partial charge in [0.1, 0.15) is 11.9 Å². The van der Waals surface area contributed by atoms with Crippen LogP contribution in [0.2, 0.25) is 0 Å². The van der Waals surface area contributed by atoms with Crippen LogP contribution in [0, 0.1) is 6.92 Å². The lowest BCUT2D eigenvalue weighted by molar-refractivity contribution is -0.140. The molecule has 1 heterocycles. The highest BCUT2D eigenvalue weighted by molar-refractivity contribution is 5.87. The maximum Gasteiger partial charge on any atom is 0.326 e. The van der Waals surface area contributed by atoms with Gasteiger partial charge < -0.3 is 21.1 Å². The maximum atomic E-state index is 11.8. The molecule has 10 nitrogen and oxygen atoms in total. The molecule has 1 aromatic rings. The number of aryl methyl sites for hydroxylation is 1. The molecule has 0 saturated carbocycles. The Morgan fingerprint density at radius 1 is 1.50 bits per heavy atom. The number of nitrogens with zero attached hydrogens (tertiary/aromatic N) is 3. The predicted octanol–water partition coefficient (Wildman–Crippen LogP) is -1.42. The Bertz CT molecular complexity index is 514. The molecule has 1 rings (SSSR count). The molecule has 0 bridgehead atoms. The van der Waals surface area contributed by atoms with E-state index < -0.39 is 30.4 Å². The first-order chi connectivity index (χ1) is 9.29. The van der Waals surface area contributed by atoms with Crippen molar-refractivity contribution in [3.8, 4) is 0 Å². The number of aromatic nitrogens is 3. The third-order valence-electron chi connectivity index (χ3n) is 2.37. The first-order valence-electron chi connectivity index (χ1n) is 5.70. The van der Waals surface area contributed by atoms with Crippen LogP contribution in [0.4, 0.5) is 4.79 Å². The van der Waals surface area contributed by atoms with Gasteiger partial charge in [-0.3, -0.25) is 9.89 Å². The summed E-state index contributed by atoms with van der Waals surface area (Å²) in [6, 6.07) is -2.03. The minimum Gasteiger partial charge on any atom is -0.480 e. The summed E-state index contributed by atoms with van der Waals surface area (Å²) in [5.74, 6) is -1.16. The predicted molar refractivity (Wildman–Crippen MR) is 66.4 cm³/mol. The van der Waals surface area contributed by atoms with Crippen LogP contribution in [0.5, 0.6) is 0 Å². The molecule has 0 unspecified atom stereocenters. The van der Waals surface area contributed by atoms with E-state index in [9.17, 15) is 14.4 Å². The molecule has 0 radical (unpaired) electrons. The van der Waals surface area contributed by atoms with Crippen molar-refractivity contribution < 1.29 is 19.5 Å². The van der Waals surface area contributed by atoms with Crippen LogP contribution in [0.1, 0.15) is 18.1 Å². The third-order valence-corrected chi connectivity index (χ3v) is 2.37. The Morgan fingerprint density at radius 3 is 2.60 bits per heavy atom. The van der Waals surface area contributed by atoms with E-state index in [-0.39, 0.29) is 6.54 Å². The van der Waals surface area contributed by atoms with E-state index in [2.05, 4.69) is 20.5 Å². The lowest BCUT2D eigenvalue weighted by Crippen LogP contribution is -2.48. The monoisotopic (exact) mass is 284 g/mol. The number of carbonyl (C=O) groups excluding carboxylic acids is 2. The van der Waals surface area contributed by atoms with Crippen LogP contribution in [0.3, 0.4) is 0 Å². The van der Waals surface area contributed by atoms with Crippen molar-refractivity contribution in [1.82, 2.24) is 25.4 Å². The molecule has 20 heavy (non-hydrogen) atoms. The SMILES string of the molecule is Cc1nc(CN(C)C(=O)N[C@@H](CC(N)=O)C(=O)O)n[nH]1. The van der Waals surface area contributed by atoms with E-state index in [0.717, 1.165) is 0 Å². The van der Waals surface area contributed by atoms with Gasteiger partial charge in [0.25, 0.3) is 0 Å². The highest BCUT2D eigenvalue weighted by Crippen LogP contribution is 1.99. The van der Waals surface area contributed by atoms with Crippen LogP contribution in [0.15, 0.2) is 0 Å². The molecule has 10 heteroatoms. The van der Waals surface area contributed by atoms with Crippen LogP contribution in [-0.2, 0) is 16.1 Å². The fourth-order valence-corrected chi connectivity index (χ4v) is 1.40. The summed E-state index contributed by atoms with van der Waals surface area (Å²) in [5, 5.41) is 17.5. The molecule has 0 spiro atoms. The zero-order valence-electron chi connectivity index (χ0n) is 11.1. The van der Waals surface area contributed by atoms with E-state index in [1.54, 1.807) is 6.92 Å². The maximum absolute atomic E-state index is 11.8. The van der Waals surface area contributed by atoms with Gasteiger partial charge in [-0.2, -0.15) is 5.10 Å². The van der Waals surface area contributed by atoms with Gasteiger partial charge in [0.15, 0.2) is 5.82 Å². The van der Waals surface area contributed by atoms with Crippen LogP contribution < -0.4 is 11.1 Å². The normalized spacial score (nSPS) is 11.7. The van der Waals surface area contributed by atoms with Crippen LogP contribution in [-0.4, -0.2) is 56.2 Å². The number of carbonyl (C=O) groups is 3. The summed E-state index contributed by atoms with van der Waals surface area (Å²) in [6.07, 6.45) is -0.478. The van der Waals surface area contributed by atoms with E-state index in [1.165, 1.54) is 11.9 Å². The Hall–Kier alpha value is -2.65. The number of urea groups is 1. The number of aliphatic carboxylic acids is 1. The fraction of sp³-hybridized carbons (Fsp3) is 0.500.